The number of fused-ring (bicyclic) bond motifs is 1. The number of nitrogens with one attached hydrogen (secondary N) is 1. The molecule has 3 aromatic rings. The van der Waals surface area contributed by atoms with E-state index >= 15 is 0 Å². The average Bonchev–Trinajstić information content (AvgIpc) is 2.87. The maximum atomic E-state index is 14.3. The first-order valence-electron chi connectivity index (χ1n) is 11.7. The van der Waals surface area contributed by atoms with Crippen molar-refractivity contribution in [2.24, 2.45) is 5.92 Å². The highest BCUT2D eigenvalue weighted by molar-refractivity contribution is 5.96. The molecule has 1 N–H and O–H groups in total. The predicted octanol–water partition coefficient (Wildman–Crippen LogP) is 5.79. The smallest absolute Gasteiger partial charge is 0.336 e. The van der Waals surface area contributed by atoms with E-state index in [-0.39, 0.29) is 18.3 Å². The summed E-state index contributed by atoms with van der Waals surface area (Å²) in [6.07, 6.45) is 2.39. The van der Waals surface area contributed by atoms with Crippen molar-refractivity contribution >= 4 is 11.8 Å². The van der Waals surface area contributed by atoms with Crippen molar-refractivity contribution < 1.29 is 18.7 Å². The average molecular weight is 468 g/mol. The number of carbonyl (C=O) groups is 2. The molecule has 3 unspecified atom stereocenters. The normalized spacial score (nSPS) is 21.6. The fourth-order valence-corrected chi connectivity index (χ4v) is 5.12. The van der Waals surface area contributed by atoms with Gasteiger partial charge in [0, 0.05) is 29.7 Å². The van der Waals surface area contributed by atoms with Crippen molar-refractivity contribution in [1.82, 2.24) is 5.32 Å². The number of ketones is 1. The molecule has 0 radical (unpaired) electrons. The summed E-state index contributed by atoms with van der Waals surface area (Å²) in [5, 5.41) is 3.32. The van der Waals surface area contributed by atoms with Gasteiger partial charge in [-0.15, -0.1) is 0 Å². The minimum Gasteiger partial charge on any atom is -0.457 e. The van der Waals surface area contributed by atoms with Gasteiger partial charge in [0.05, 0.1) is 11.5 Å². The predicted molar refractivity (Wildman–Crippen MR) is 132 cm³/mol. The highest BCUT2D eigenvalue weighted by Gasteiger charge is 2.45. The molecule has 1 heterocycles. The molecule has 0 fully saturated rings. The van der Waals surface area contributed by atoms with Gasteiger partial charge in [-0.1, -0.05) is 78.9 Å². The lowest BCUT2D eigenvalue weighted by atomic mass is 9.68. The Hall–Kier alpha value is -3.99. The van der Waals surface area contributed by atoms with Crippen molar-refractivity contribution in [3.63, 3.8) is 0 Å². The van der Waals surface area contributed by atoms with Crippen LogP contribution in [-0.4, -0.2) is 11.8 Å². The Bertz CT molecular complexity index is 1310. The van der Waals surface area contributed by atoms with Gasteiger partial charge in [0.25, 0.3) is 0 Å². The van der Waals surface area contributed by atoms with Gasteiger partial charge in [0.2, 0.25) is 0 Å². The summed E-state index contributed by atoms with van der Waals surface area (Å²) in [6.45, 7) is 1.92. The van der Waals surface area contributed by atoms with E-state index in [9.17, 15) is 14.0 Å². The number of ether oxygens (including phenoxy) is 1. The fourth-order valence-electron chi connectivity index (χ4n) is 5.12. The first kappa shape index (κ1) is 22.8. The molecule has 3 aromatic carbocycles. The Kier molecular flexibility index (Phi) is 6.32. The van der Waals surface area contributed by atoms with Gasteiger partial charge in [-0.2, -0.15) is 0 Å². The molecule has 0 bridgehead atoms. The second-order valence-electron chi connectivity index (χ2n) is 9.05. The van der Waals surface area contributed by atoms with Gasteiger partial charge in [-0.05, 0) is 35.7 Å². The van der Waals surface area contributed by atoms with Crippen LogP contribution < -0.4 is 5.32 Å². The monoisotopic (exact) mass is 467 g/mol. The van der Waals surface area contributed by atoms with E-state index in [1.165, 1.54) is 12.1 Å². The van der Waals surface area contributed by atoms with Gasteiger partial charge < -0.3 is 10.1 Å². The molecule has 0 aromatic heterocycles. The van der Waals surface area contributed by atoms with E-state index in [0.29, 0.717) is 23.3 Å². The van der Waals surface area contributed by atoms with Crippen molar-refractivity contribution in [3.05, 3.63) is 130 Å². The number of hydrogen-bond donors (Lipinski definition) is 1. The summed E-state index contributed by atoms with van der Waals surface area (Å²) in [6, 6.07) is 25.5. The molecule has 5 rings (SSSR count). The Morgan fingerprint density at radius 3 is 2.34 bits per heavy atom. The number of Topliss-reactive ketones (excluding diaryl/α,β-unsaturated/α-hetero) is 1. The number of carbonyl (C=O) groups excluding carboxylic acids is 2. The van der Waals surface area contributed by atoms with Crippen LogP contribution in [0.5, 0.6) is 0 Å². The van der Waals surface area contributed by atoms with Crippen molar-refractivity contribution in [2.75, 3.05) is 0 Å². The van der Waals surface area contributed by atoms with Crippen LogP contribution in [0.3, 0.4) is 0 Å². The van der Waals surface area contributed by atoms with Gasteiger partial charge in [-0.3, -0.25) is 4.79 Å². The molecular weight excluding hydrogens is 441 g/mol. The van der Waals surface area contributed by atoms with E-state index in [1.807, 2.05) is 60.7 Å². The highest BCUT2D eigenvalue weighted by atomic mass is 19.1. The van der Waals surface area contributed by atoms with Crippen LogP contribution in [0.1, 0.15) is 41.9 Å². The van der Waals surface area contributed by atoms with Gasteiger partial charge >= 0.3 is 5.97 Å². The van der Waals surface area contributed by atoms with Crippen molar-refractivity contribution in [3.8, 4) is 0 Å². The molecule has 0 spiro atoms. The molecule has 0 saturated carbocycles. The lowest BCUT2D eigenvalue weighted by molar-refractivity contribution is -0.141. The topological polar surface area (TPSA) is 55.4 Å². The Labute approximate surface area is 204 Å². The lowest BCUT2D eigenvalue weighted by Crippen LogP contribution is -2.42. The molecule has 4 nitrogen and oxygen atoms in total. The Morgan fingerprint density at radius 1 is 0.943 bits per heavy atom. The zero-order chi connectivity index (χ0) is 24.4. The Balaban J connectivity index is 1.54. The summed E-state index contributed by atoms with van der Waals surface area (Å²) in [7, 11) is 0. The molecule has 1 aliphatic carbocycles. The summed E-state index contributed by atoms with van der Waals surface area (Å²) >= 11 is 0. The maximum absolute atomic E-state index is 14.3. The number of allylic oxidation sites excluding steroid dienone is 3. The highest BCUT2D eigenvalue weighted by Crippen LogP contribution is 2.46. The first-order valence-corrected chi connectivity index (χ1v) is 11.7. The molecule has 5 heteroatoms. The third kappa shape index (κ3) is 4.67. The first-order chi connectivity index (χ1) is 17.0. The van der Waals surface area contributed by atoms with Crippen LogP contribution >= 0.6 is 0 Å². The standard InChI is InChI=1S/C30H26FNO3/c1-19-27(30(34)35-18-20-9-4-2-5-10-20)28(22-13-8-14-24(31)15-22)29-25(32-19)16-23(17-26(29)33)21-11-6-3-7-12-21/h2-16,23,28-29,32H,17-18H2,1H3. The zero-order valence-corrected chi connectivity index (χ0v) is 19.4. The molecule has 2 aliphatic rings. The van der Waals surface area contributed by atoms with Crippen LogP contribution in [0.2, 0.25) is 0 Å². The van der Waals surface area contributed by atoms with Crippen LogP contribution in [0.4, 0.5) is 4.39 Å². The van der Waals surface area contributed by atoms with E-state index in [1.54, 1.807) is 19.1 Å². The van der Waals surface area contributed by atoms with Crippen LogP contribution in [0, 0.1) is 11.7 Å². The Morgan fingerprint density at radius 2 is 1.63 bits per heavy atom. The van der Waals surface area contributed by atoms with Crippen LogP contribution in [-0.2, 0) is 20.9 Å². The van der Waals surface area contributed by atoms with E-state index < -0.39 is 23.6 Å². The molecule has 3 atom stereocenters. The lowest BCUT2D eigenvalue weighted by Gasteiger charge is -2.39. The molecule has 0 amide bonds. The zero-order valence-electron chi connectivity index (χ0n) is 19.4. The third-order valence-electron chi connectivity index (χ3n) is 6.73. The van der Waals surface area contributed by atoms with Gasteiger partial charge in [0.15, 0.2) is 0 Å². The van der Waals surface area contributed by atoms with Crippen molar-refractivity contribution in [1.29, 1.82) is 0 Å². The van der Waals surface area contributed by atoms with E-state index in [4.69, 9.17) is 4.74 Å². The number of rotatable bonds is 5. The SMILES string of the molecule is CC1=C(C(=O)OCc2ccccc2)C(c2cccc(F)c2)C2C(=O)CC(c3ccccc3)C=C2N1. The number of benzene rings is 3. The summed E-state index contributed by atoms with van der Waals surface area (Å²) < 4.78 is 19.9. The summed E-state index contributed by atoms with van der Waals surface area (Å²) in [4.78, 5) is 27.0. The second-order valence-corrected chi connectivity index (χ2v) is 9.05. The minimum atomic E-state index is -0.634. The van der Waals surface area contributed by atoms with E-state index in [2.05, 4.69) is 11.4 Å². The number of halogens is 1. The third-order valence-corrected chi connectivity index (χ3v) is 6.73. The molecular formula is C30H26FNO3. The quantitative estimate of drug-likeness (QED) is 0.483. The molecule has 0 saturated heterocycles. The number of hydrogen-bond acceptors (Lipinski definition) is 4. The maximum Gasteiger partial charge on any atom is 0.336 e. The molecule has 35 heavy (non-hydrogen) atoms. The minimum absolute atomic E-state index is 0.0129. The summed E-state index contributed by atoms with van der Waals surface area (Å²) in [5.41, 5.74) is 4.23. The molecule has 1 aliphatic heterocycles. The van der Waals surface area contributed by atoms with E-state index in [0.717, 1.165) is 16.8 Å². The summed E-state index contributed by atoms with van der Waals surface area (Å²) in [5.74, 6) is -2.21. The fraction of sp³-hybridized carbons (Fsp3) is 0.200. The second kappa shape index (κ2) is 9.71. The van der Waals surface area contributed by atoms with Crippen LogP contribution in [0.25, 0.3) is 0 Å². The molecule has 176 valence electrons. The van der Waals surface area contributed by atoms with Gasteiger partial charge in [-0.25, -0.2) is 9.18 Å². The largest absolute Gasteiger partial charge is 0.457 e. The van der Waals surface area contributed by atoms with Crippen molar-refractivity contribution in [2.45, 2.75) is 31.8 Å². The number of esters is 1. The van der Waals surface area contributed by atoms with Gasteiger partial charge in [0.1, 0.15) is 18.2 Å². The van der Waals surface area contributed by atoms with Crippen LogP contribution in [0.15, 0.2) is 108 Å².